The summed E-state index contributed by atoms with van der Waals surface area (Å²) in [6.07, 6.45) is -4.06. The van der Waals surface area contributed by atoms with Gasteiger partial charge in [0.05, 0.1) is 18.1 Å². The quantitative estimate of drug-likeness (QED) is 0.852. The summed E-state index contributed by atoms with van der Waals surface area (Å²) in [7, 11) is 0. The van der Waals surface area contributed by atoms with Crippen LogP contribution in [0.25, 0.3) is 0 Å². The van der Waals surface area contributed by atoms with Crippen LogP contribution in [0.3, 0.4) is 0 Å². The lowest BCUT2D eigenvalue weighted by atomic mass is 9.87. The number of hydrogen-bond donors (Lipinski definition) is 1. The van der Waals surface area contributed by atoms with Gasteiger partial charge in [0.2, 0.25) is 0 Å². The molecule has 1 aliphatic rings. The van der Waals surface area contributed by atoms with Gasteiger partial charge in [0, 0.05) is 4.88 Å². The Morgan fingerprint density at radius 1 is 1.53 bits per heavy atom. The van der Waals surface area contributed by atoms with Crippen LogP contribution in [0, 0.1) is 5.92 Å². The summed E-state index contributed by atoms with van der Waals surface area (Å²) in [5.74, 6) is -1.88. The average Bonchev–Trinajstić information content (AvgIpc) is 2.62. The molecule has 1 aromatic rings. The summed E-state index contributed by atoms with van der Waals surface area (Å²) in [5, 5.41) is 0.256. The number of fused-ring (bicyclic) bond motifs is 1. The van der Waals surface area contributed by atoms with E-state index in [-0.39, 0.29) is 36.4 Å². The number of carbonyl (C=O) groups excluding carboxylic acids is 1. The highest BCUT2D eigenvalue weighted by molar-refractivity contribution is 7.16. The minimum absolute atomic E-state index is 0.000914. The van der Waals surface area contributed by atoms with E-state index in [1.54, 1.807) is 6.92 Å². The lowest BCUT2D eigenvalue weighted by Crippen LogP contribution is -2.28. The summed E-state index contributed by atoms with van der Waals surface area (Å²) in [5.41, 5.74) is 6.65. The van der Waals surface area contributed by atoms with Gasteiger partial charge in [0.25, 0.3) is 0 Å². The van der Waals surface area contributed by atoms with E-state index >= 15 is 0 Å². The summed E-state index contributed by atoms with van der Waals surface area (Å²) >= 11 is 1.07. The van der Waals surface area contributed by atoms with E-state index in [9.17, 15) is 18.0 Å². The van der Waals surface area contributed by atoms with Gasteiger partial charge in [-0.3, -0.25) is 0 Å². The smallest absolute Gasteiger partial charge is 0.392 e. The molecule has 1 atom stereocenters. The highest BCUT2D eigenvalue weighted by Crippen LogP contribution is 2.43. The van der Waals surface area contributed by atoms with Crippen LogP contribution in [0.1, 0.15) is 34.1 Å². The molecule has 0 aliphatic heterocycles. The van der Waals surface area contributed by atoms with Crippen molar-refractivity contribution in [3.8, 4) is 0 Å². The van der Waals surface area contributed by atoms with Gasteiger partial charge in [-0.25, -0.2) is 4.79 Å². The number of thiophene rings is 1. The molecule has 2 N–H and O–H groups in total. The Morgan fingerprint density at radius 2 is 2.21 bits per heavy atom. The second kappa shape index (κ2) is 5.03. The Labute approximate surface area is 112 Å². The van der Waals surface area contributed by atoms with E-state index in [0.29, 0.717) is 10.4 Å². The molecule has 0 bridgehead atoms. The van der Waals surface area contributed by atoms with Crippen molar-refractivity contribution in [2.75, 3.05) is 12.3 Å². The van der Waals surface area contributed by atoms with Crippen molar-refractivity contribution in [3.63, 3.8) is 0 Å². The molecule has 0 aromatic carbocycles. The van der Waals surface area contributed by atoms with Crippen LogP contribution in [0.2, 0.25) is 0 Å². The molecule has 0 spiro atoms. The van der Waals surface area contributed by atoms with Crippen LogP contribution in [-0.4, -0.2) is 18.8 Å². The molecule has 1 aromatic heterocycles. The van der Waals surface area contributed by atoms with E-state index in [4.69, 9.17) is 10.5 Å². The van der Waals surface area contributed by atoms with Crippen molar-refractivity contribution < 1.29 is 22.7 Å². The van der Waals surface area contributed by atoms with Gasteiger partial charge in [-0.05, 0) is 31.7 Å². The maximum atomic E-state index is 12.7. The number of esters is 1. The van der Waals surface area contributed by atoms with Gasteiger partial charge in [0.15, 0.2) is 0 Å². The molecule has 1 unspecified atom stereocenters. The second-order valence-corrected chi connectivity index (χ2v) is 5.58. The SMILES string of the molecule is CCOC(=O)c1c(N)sc2c1CCC(C(F)(F)F)C2. The molecule has 106 valence electrons. The molecule has 19 heavy (non-hydrogen) atoms. The van der Waals surface area contributed by atoms with Gasteiger partial charge >= 0.3 is 12.1 Å². The molecule has 2 rings (SSSR count). The normalized spacial score (nSPS) is 19.1. The van der Waals surface area contributed by atoms with Crippen LogP contribution in [0.15, 0.2) is 0 Å². The highest BCUT2D eigenvalue weighted by atomic mass is 32.1. The number of hydrogen-bond acceptors (Lipinski definition) is 4. The van der Waals surface area contributed by atoms with Gasteiger partial charge in [-0.15, -0.1) is 11.3 Å². The van der Waals surface area contributed by atoms with Crippen LogP contribution in [0.5, 0.6) is 0 Å². The number of nitrogens with two attached hydrogens (primary N) is 1. The molecule has 0 saturated carbocycles. The third kappa shape index (κ3) is 2.70. The number of carbonyl (C=O) groups is 1. The first-order valence-electron chi connectivity index (χ1n) is 5.98. The molecule has 3 nitrogen and oxygen atoms in total. The Morgan fingerprint density at radius 3 is 2.79 bits per heavy atom. The van der Waals surface area contributed by atoms with Crippen LogP contribution in [0.4, 0.5) is 18.2 Å². The van der Waals surface area contributed by atoms with Crippen LogP contribution in [-0.2, 0) is 17.6 Å². The van der Waals surface area contributed by atoms with Gasteiger partial charge in [0.1, 0.15) is 5.00 Å². The molecule has 1 heterocycles. The standard InChI is InChI=1S/C12H14F3NO2S/c1-2-18-11(17)9-7-4-3-6(12(13,14)15)5-8(7)19-10(9)16/h6H,2-5,16H2,1H3. The maximum Gasteiger partial charge on any atom is 0.392 e. The minimum atomic E-state index is -4.19. The first kappa shape index (κ1) is 14.2. The molecule has 0 amide bonds. The second-order valence-electron chi connectivity index (χ2n) is 4.44. The average molecular weight is 293 g/mol. The predicted octanol–water partition coefficient (Wildman–Crippen LogP) is 3.17. The summed E-state index contributed by atoms with van der Waals surface area (Å²) < 4.78 is 43.0. The molecular formula is C12H14F3NO2S. The van der Waals surface area contributed by atoms with Gasteiger partial charge in [-0.1, -0.05) is 0 Å². The topological polar surface area (TPSA) is 52.3 Å². The first-order chi connectivity index (χ1) is 8.84. The number of rotatable bonds is 2. The molecule has 0 saturated heterocycles. The van der Waals surface area contributed by atoms with Crippen molar-refractivity contribution in [3.05, 3.63) is 16.0 Å². The van der Waals surface area contributed by atoms with Gasteiger partial charge < -0.3 is 10.5 Å². The van der Waals surface area contributed by atoms with E-state index in [1.807, 2.05) is 0 Å². The minimum Gasteiger partial charge on any atom is -0.462 e. The van der Waals surface area contributed by atoms with E-state index < -0.39 is 18.1 Å². The molecule has 0 radical (unpaired) electrons. The fourth-order valence-corrected chi connectivity index (χ4v) is 3.50. The molecule has 1 aliphatic carbocycles. The Kier molecular flexibility index (Phi) is 3.75. The fraction of sp³-hybridized carbons (Fsp3) is 0.583. The van der Waals surface area contributed by atoms with E-state index in [2.05, 4.69) is 0 Å². The third-order valence-corrected chi connectivity index (χ3v) is 4.32. The van der Waals surface area contributed by atoms with Crippen molar-refractivity contribution in [2.24, 2.45) is 5.92 Å². The van der Waals surface area contributed by atoms with Crippen molar-refractivity contribution in [1.82, 2.24) is 0 Å². The van der Waals surface area contributed by atoms with Crippen molar-refractivity contribution in [1.29, 1.82) is 0 Å². The predicted molar refractivity (Wildman–Crippen MR) is 66.3 cm³/mol. The third-order valence-electron chi connectivity index (χ3n) is 3.23. The summed E-state index contributed by atoms with van der Waals surface area (Å²) in [6, 6.07) is 0. The number of ether oxygens (including phenoxy) is 1. The Hall–Kier alpha value is -1.24. The summed E-state index contributed by atoms with van der Waals surface area (Å²) in [6.45, 7) is 1.89. The Bertz CT molecular complexity index is 496. The fourth-order valence-electron chi connectivity index (χ4n) is 2.31. The number of halogens is 3. The summed E-state index contributed by atoms with van der Waals surface area (Å²) in [4.78, 5) is 12.3. The highest BCUT2D eigenvalue weighted by Gasteiger charge is 2.42. The number of anilines is 1. The lowest BCUT2D eigenvalue weighted by molar-refractivity contribution is -0.176. The van der Waals surface area contributed by atoms with Crippen LogP contribution < -0.4 is 5.73 Å². The van der Waals surface area contributed by atoms with Crippen molar-refractivity contribution in [2.45, 2.75) is 32.4 Å². The molecule has 0 fully saturated rings. The maximum absolute atomic E-state index is 12.7. The van der Waals surface area contributed by atoms with Gasteiger partial charge in [-0.2, -0.15) is 13.2 Å². The largest absolute Gasteiger partial charge is 0.462 e. The zero-order chi connectivity index (χ0) is 14.2. The Balaban J connectivity index is 2.30. The zero-order valence-electron chi connectivity index (χ0n) is 10.3. The monoisotopic (exact) mass is 293 g/mol. The van der Waals surface area contributed by atoms with E-state index in [0.717, 1.165) is 11.3 Å². The van der Waals surface area contributed by atoms with E-state index in [1.165, 1.54) is 0 Å². The zero-order valence-corrected chi connectivity index (χ0v) is 11.2. The number of nitrogen functional groups attached to an aromatic ring is 1. The number of alkyl halides is 3. The molecule has 7 heteroatoms. The van der Waals surface area contributed by atoms with Crippen molar-refractivity contribution >= 4 is 22.3 Å². The molecular weight excluding hydrogens is 279 g/mol. The van der Waals surface area contributed by atoms with Crippen LogP contribution >= 0.6 is 11.3 Å². The lowest BCUT2D eigenvalue weighted by Gasteiger charge is -2.24. The first-order valence-corrected chi connectivity index (χ1v) is 6.80.